The van der Waals surface area contributed by atoms with Crippen molar-refractivity contribution in [2.45, 2.75) is 26.4 Å². The Labute approximate surface area is 92.6 Å². The molecule has 0 aliphatic carbocycles. The van der Waals surface area contributed by atoms with Crippen LogP contribution in [0.1, 0.15) is 19.4 Å². The molecule has 0 radical (unpaired) electrons. The van der Waals surface area contributed by atoms with E-state index in [4.69, 9.17) is 4.74 Å². The molecule has 2 heteroatoms. The van der Waals surface area contributed by atoms with Gasteiger partial charge in [0.25, 0.3) is 0 Å². The van der Waals surface area contributed by atoms with Gasteiger partial charge in [-0.25, -0.2) is 0 Å². The van der Waals surface area contributed by atoms with Crippen LogP contribution in [0.25, 0.3) is 0 Å². The SMILES string of the molecule is CCOC(C)CNCCc1ccccc1. The fraction of sp³-hybridized carbons (Fsp3) is 0.538. The molecule has 0 aliphatic heterocycles. The van der Waals surface area contributed by atoms with E-state index in [1.165, 1.54) is 5.56 Å². The van der Waals surface area contributed by atoms with Gasteiger partial charge in [0.05, 0.1) is 6.10 Å². The Bertz CT molecular complexity index is 248. The molecule has 0 saturated heterocycles. The minimum atomic E-state index is 0.311. The van der Waals surface area contributed by atoms with Gasteiger partial charge in [0.15, 0.2) is 0 Å². The lowest BCUT2D eigenvalue weighted by Crippen LogP contribution is -2.28. The van der Waals surface area contributed by atoms with E-state index in [1.807, 2.05) is 13.0 Å². The molecule has 0 saturated carbocycles. The Hall–Kier alpha value is -0.860. The summed E-state index contributed by atoms with van der Waals surface area (Å²) in [5, 5.41) is 3.39. The van der Waals surface area contributed by atoms with E-state index in [9.17, 15) is 0 Å². The molecule has 1 aromatic carbocycles. The third-order valence-corrected chi connectivity index (χ3v) is 2.32. The summed E-state index contributed by atoms with van der Waals surface area (Å²) in [4.78, 5) is 0. The molecular weight excluding hydrogens is 186 g/mol. The van der Waals surface area contributed by atoms with Gasteiger partial charge in [0, 0.05) is 13.2 Å². The van der Waals surface area contributed by atoms with E-state index in [0.29, 0.717) is 6.10 Å². The Morgan fingerprint density at radius 1 is 1.27 bits per heavy atom. The average molecular weight is 207 g/mol. The molecule has 15 heavy (non-hydrogen) atoms. The van der Waals surface area contributed by atoms with Gasteiger partial charge in [-0.15, -0.1) is 0 Å². The van der Waals surface area contributed by atoms with Gasteiger partial charge >= 0.3 is 0 Å². The van der Waals surface area contributed by atoms with Gasteiger partial charge in [-0.3, -0.25) is 0 Å². The highest BCUT2D eigenvalue weighted by Gasteiger charge is 1.99. The zero-order chi connectivity index (χ0) is 10.9. The zero-order valence-corrected chi connectivity index (χ0v) is 9.70. The molecular formula is C13H21NO. The Kier molecular flexibility index (Phi) is 6.05. The maximum atomic E-state index is 5.43. The summed E-state index contributed by atoms with van der Waals surface area (Å²) < 4.78 is 5.43. The quantitative estimate of drug-likeness (QED) is 0.692. The molecule has 1 unspecified atom stereocenters. The van der Waals surface area contributed by atoms with Gasteiger partial charge in [-0.1, -0.05) is 30.3 Å². The van der Waals surface area contributed by atoms with Gasteiger partial charge < -0.3 is 10.1 Å². The van der Waals surface area contributed by atoms with Crippen LogP contribution < -0.4 is 5.32 Å². The minimum Gasteiger partial charge on any atom is -0.377 e. The van der Waals surface area contributed by atoms with Gasteiger partial charge in [-0.05, 0) is 32.4 Å². The minimum absolute atomic E-state index is 0.311. The first-order valence-corrected chi connectivity index (χ1v) is 5.69. The number of hydrogen-bond donors (Lipinski definition) is 1. The maximum Gasteiger partial charge on any atom is 0.0671 e. The molecule has 1 N–H and O–H groups in total. The average Bonchev–Trinajstić information content (AvgIpc) is 2.26. The van der Waals surface area contributed by atoms with Crippen LogP contribution in [-0.4, -0.2) is 25.8 Å². The molecule has 0 amide bonds. The highest BCUT2D eigenvalue weighted by atomic mass is 16.5. The summed E-state index contributed by atoms with van der Waals surface area (Å²) in [7, 11) is 0. The van der Waals surface area contributed by atoms with Gasteiger partial charge in [-0.2, -0.15) is 0 Å². The van der Waals surface area contributed by atoms with Crippen molar-refractivity contribution < 1.29 is 4.74 Å². The van der Waals surface area contributed by atoms with Crippen LogP contribution in [0.5, 0.6) is 0 Å². The van der Waals surface area contributed by atoms with Crippen molar-refractivity contribution in [1.82, 2.24) is 5.32 Å². The standard InChI is InChI=1S/C13H21NO/c1-3-15-12(2)11-14-10-9-13-7-5-4-6-8-13/h4-8,12,14H,3,9-11H2,1-2H3. The highest BCUT2D eigenvalue weighted by molar-refractivity contribution is 5.14. The van der Waals surface area contributed by atoms with E-state index in [-0.39, 0.29) is 0 Å². The van der Waals surface area contributed by atoms with Gasteiger partial charge in [0.2, 0.25) is 0 Å². The van der Waals surface area contributed by atoms with Gasteiger partial charge in [0.1, 0.15) is 0 Å². The first-order valence-electron chi connectivity index (χ1n) is 5.69. The molecule has 0 spiro atoms. The molecule has 2 nitrogen and oxygen atoms in total. The van der Waals surface area contributed by atoms with E-state index in [2.05, 4.69) is 36.5 Å². The molecule has 1 aromatic rings. The number of ether oxygens (including phenoxy) is 1. The lowest BCUT2D eigenvalue weighted by atomic mass is 10.1. The third-order valence-electron chi connectivity index (χ3n) is 2.32. The summed E-state index contributed by atoms with van der Waals surface area (Å²) in [6.07, 6.45) is 1.39. The molecule has 0 bridgehead atoms. The predicted octanol–water partition coefficient (Wildman–Crippen LogP) is 2.24. The van der Waals surface area contributed by atoms with E-state index >= 15 is 0 Å². The molecule has 0 heterocycles. The lowest BCUT2D eigenvalue weighted by molar-refractivity contribution is 0.0763. The van der Waals surface area contributed by atoms with Crippen LogP contribution in [0, 0.1) is 0 Å². The van der Waals surface area contributed by atoms with E-state index in [0.717, 1.165) is 26.1 Å². The number of hydrogen-bond acceptors (Lipinski definition) is 2. The van der Waals surface area contributed by atoms with Crippen molar-refractivity contribution in [3.05, 3.63) is 35.9 Å². The molecule has 84 valence electrons. The van der Waals surface area contributed by atoms with Crippen molar-refractivity contribution in [3.8, 4) is 0 Å². The van der Waals surface area contributed by atoms with Crippen molar-refractivity contribution in [1.29, 1.82) is 0 Å². The van der Waals surface area contributed by atoms with Crippen LogP contribution >= 0.6 is 0 Å². The third kappa shape index (κ3) is 5.55. The second-order valence-corrected chi connectivity index (χ2v) is 3.71. The second-order valence-electron chi connectivity index (χ2n) is 3.71. The van der Waals surface area contributed by atoms with Crippen LogP contribution in [0.4, 0.5) is 0 Å². The van der Waals surface area contributed by atoms with E-state index in [1.54, 1.807) is 0 Å². The molecule has 0 aliphatic rings. The number of benzene rings is 1. The number of rotatable bonds is 7. The Balaban J connectivity index is 2.07. The highest BCUT2D eigenvalue weighted by Crippen LogP contribution is 1.98. The normalized spacial score (nSPS) is 12.7. The molecule has 0 aromatic heterocycles. The monoisotopic (exact) mass is 207 g/mol. The lowest BCUT2D eigenvalue weighted by Gasteiger charge is -2.12. The number of nitrogens with one attached hydrogen (secondary N) is 1. The van der Waals surface area contributed by atoms with Crippen molar-refractivity contribution in [2.75, 3.05) is 19.7 Å². The summed E-state index contributed by atoms with van der Waals surface area (Å²) >= 11 is 0. The van der Waals surface area contributed by atoms with Crippen LogP contribution in [0.3, 0.4) is 0 Å². The second kappa shape index (κ2) is 7.43. The van der Waals surface area contributed by atoms with Crippen molar-refractivity contribution >= 4 is 0 Å². The predicted molar refractivity (Wildman–Crippen MR) is 64.1 cm³/mol. The van der Waals surface area contributed by atoms with Crippen molar-refractivity contribution in [3.63, 3.8) is 0 Å². The fourth-order valence-corrected chi connectivity index (χ4v) is 1.53. The zero-order valence-electron chi connectivity index (χ0n) is 9.70. The summed E-state index contributed by atoms with van der Waals surface area (Å²) in [5.41, 5.74) is 1.38. The largest absolute Gasteiger partial charge is 0.377 e. The smallest absolute Gasteiger partial charge is 0.0671 e. The molecule has 1 rings (SSSR count). The first kappa shape index (κ1) is 12.2. The summed E-state index contributed by atoms with van der Waals surface area (Å²) in [6, 6.07) is 10.5. The van der Waals surface area contributed by atoms with E-state index < -0.39 is 0 Å². The van der Waals surface area contributed by atoms with Crippen molar-refractivity contribution in [2.24, 2.45) is 0 Å². The van der Waals surface area contributed by atoms with Crippen LogP contribution in [0.2, 0.25) is 0 Å². The summed E-state index contributed by atoms with van der Waals surface area (Å²) in [5.74, 6) is 0. The fourth-order valence-electron chi connectivity index (χ4n) is 1.53. The van der Waals surface area contributed by atoms with Crippen LogP contribution in [0.15, 0.2) is 30.3 Å². The van der Waals surface area contributed by atoms with Crippen LogP contribution in [-0.2, 0) is 11.2 Å². The first-order chi connectivity index (χ1) is 7.33. The Morgan fingerprint density at radius 3 is 2.67 bits per heavy atom. The maximum absolute atomic E-state index is 5.43. The molecule has 1 atom stereocenters. The molecule has 0 fully saturated rings. The topological polar surface area (TPSA) is 21.3 Å². The summed E-state index contributed by atoms with van der Waals surface area (Å²) in [6.45, 7) is 6.86. The Morgan fingerprint density at radius 2 is 2.00 bits per heavy atom.